The lowest BCUT2D eigenvalue weighted by molar-refractivity contribution is 0.684. The minimum atomic E-state index is 0.697. The molecule has 0 saturated carbocycles. The first-order valence-electron chi connectivity index (χ1n) is 4.68. The number of hydrogen-bond donors (Lipinski definition) is 1. The molecule has 1 aromatic carbocycles. The molecule has 0 aliphatic carbocycles. The fourth-order valence-electron chi connectivity index (χ4n) is 1.45. The van der Waals surface area contributed by atoms with Crippen LogP contribution in [-0.2, 0) is 6.54 Å². The predicted molar refractivity (Wildman–Crippen MR) is 64.6 cm³/mol. The summed E-state index contributed by atoms with van der Waals surface area (Å²) in [5.74, 6) is 0. The van der Waals surface area contributed by atoms with Crippen LogP contribution in [0, 0.1) is 6.92 Å². The zero-order valence-corrected chi connectivity index (χ0v) is 10.0. The quantitative estimate of drug-likeness (QED) is 0.907. The highest BCUT2D eigenvalue weighted by Crippen LogP contribution is 2.17. The number of hydrogen-bond acceptors (Lipinski definition) is 2. The predicted octanol–water partition coefficient (Wildman–Crippen LogP) is 2.58. The summed E-state index contributed by atoms with van der Waals surface area (Å²) < 4.78 is 2.92. The molecule has 0 spiro atoms. The van der Waals surface area contributed by atoms with E-state index in [2.05, 4.69) is 40.1 Å². The van der Waals surface area contributed by atoms with Gasteiger partial charge in [-0.1, -0.05) is 22.0 Å². The van der Waals surface area contributed by atoms with E-state index >= 15 is 0 Å². The number of nitrogens with two attached hydrogens (primary N) is 1. The molecule has 78 valence electrons. The molecule has 0 amide bonds. The molecule has 0 bridgehead atoms. The molecule has 2 N–H and O–H groups in total. The third-order valence-electron chi connectivity index (χ3n) is 2.30. The third-order valence-corrected chi connectivity index (χ3v) is 2.79. The van der Waals surface area contributed by atoms with Gasteiger partial charge >= 0.3 is 0 Å². The summed E-state index contributed by atoms with van der Waals surface area (Å²) in [5, 5.41) is 4.16. The number of aryl methyl sites for hydroxylation is 1. The Morgan fingerprint density at radius 1 is 1.47 bits per heavy atom. The maximum absolute atomic E-state index is 5.61. The van der Waals surface area contributed by atoms with E-state index in [1.54, 1.807) is 6.20 Å². The van der Waals surface area contributed by atoms with Crippen molar-refractivity contribution in [1.82, 2.24) is 9.78 Å². The van der Waals surface area contributed by atoms with Crippen LogP contribution in [0.15, 0.2) is 35.1 Å². The highest BCUT2D eigenvalue weighted by molar-refractivity contribution is 9.10. The molecule has 15 heavy (non-hydrogen) atoms. The summed E-state index contributed by atoms with van der Waals surface area (Å²) in [6, 6.07) is 6.23. The second-order valence-electron chi connectivity index (χ2n) is 3.54. The van der Waals surface area contributed by atoms with E-state index in [1.165, 1.54) is 11.1 Å². The van der Waals surface area contributed by atoms with Gasteiger partial charge in [0.25, 0.3) is 0 Å². The van der Waals surface area contributed by atoms with E-state index in [4.69, 9.17) is 5.73 Å². The molecular weight excluding hydrogens is 254 g/mol. The van der Waals surface area contributed by atoms with Gasteiger partial charge in [0.05, 0.1) is 18.4 Å². The number of nitrogens with zero attached hydrogens (tertiary/aromatic N) is 2. The van der Waals surface area contributed by atoms with Crippen molar-refractivity contribution in [3.05, 3.63) is 46.2 Å². The fraction of sp³-hybridized carbons (Fsp3) is 0.182. The van der Waals surface area contributed by atoms with Crippen molar-refractivity contribution in [1.29, 1.82) is 0 Å². The summed E-state index contributed by atoms with van der Waals surface area (Å²) in [5.41, 5.74) is 8.80. The van der Waals surface area contributed by atoms with Crippen LogP contribution in [0.25, 0.3) is 0 Å². The van der Waals surface area contributed by atoms with Crippen LogP contribution >= 0.6 is 15.9 Å². The lowest BCUT2D eigenvalue weighted by atomic mass is 10.1. The smallest absolute Gasteiger partial charge is 0.0719 e. The van der Waals surface area contributed by atoms with Gasteiger partial charge in [-0.3, -0.25) is 4.68 Å². The van der Waals surface area contributed by atoms with Gasteiger partial charge in [-0.2, -0.15) is 5.10 Å². The van der Waals surface area contributed by atoms with Crippen LogP contribution in [-0.4, -0.2) is 9.78 Å². The number of aromatic nitrogens is 2. The highest BCUT2D eigenvalue weighted by Gasteiger charge is 2.01. The first-order valence-corrected chi connectivity index (χ1v) is 5.47. The average Bonchev–Trinajstić information content (AvgIpc) is 2.58. The monoisotopic (exact) mass is 265 g/mol. The standard InChI is InChI=1S/C11H12BrN3/c1-8-2-3-10(12)4-9(8)6-15-7-11(13)5-14-15/h2-5,7H,6,13H2,1H3. The Kier molecular flexibility index (Phi) is 2.77. The Balaban J connectivity index is 2.27. The van der Waals surface area contributed by atoms with E-state index in [-0.39, 0.29) is 0 Å². The molecular formula is C11H12BrN3. The van der Waals surface area contributed by atoms with Gasteiger partial charge in [0.15, 0.2) is 0 Å². The van der Waals surface area contributed by atoms with E-state index in [9.17, 15) is 0 Å². The second kappa shape index (κ2) is 4.06. The van der Waals surface area contributed by atoms with Crippen molar-refractivity contribution >= 4 is 21.6 Å². The first-order chi connectivity index (χ1) is 7.15. The Hall–Kier alpha value is -1.29. The number of nitrogen functional groups attached to an aromatic ring is 1. The molecule has 2 rings (SSSR count). The molecule has 0 radical (unpaired) electrons. The lowest BCUT2D eigenvalue weighted by Gasteiger charge is -2.06. The van der Waals surface area contributed by atoms with Crippen molar-refractivity contribution in [3.63, 3.8) is 0 Å². The fourth-order valence-corrected chi connectivity index (χ4v) is 1.86. The highest BCUT2D eigenvalue weighted by atomic mass is 79.9. The molecule has 0 fully saturated rings. The number of rotatable bonds is 2. The van der Waals surface area contributed by atoms with Crippen molar-refractivity contribution in [3.8, 4) is 0 Å². The van der Waals surface area contributed by atoms with Gasteiger partial charge < -0.3 is 5.73 Å². The topological polar surface area (TPSA) is 43.8 Å². The molecule has 0 aliphatic heterocycles. The van der Waals surface area contributed by atoms with Crippen LogP contribution in [0.2, 0.25) is 0 Å². The van der Waals surface area contributed by atoms with Gasteiger partial charge in [0, 0.05) is 10.7 Å². The maximum Gasteiger partial charge on any atom is 0.0719 e. The average molecular weight is 266 g/mol. The molecule has 0 atom stereocenters. The normalized spacial score (nSPS) is 10.5. The Morgan fingerprint density at radius 3 is 2.93 bits per heavy atom. The van der Waals surface area contributed by atoms with Gasteiger partial charge in [0.2, 0.25) is 0 Å². The van der Waals surface area contributed by atoms with E-state index in [0.717, 1.165) is 11.0 Å². The van der Waals surface area contributed by atoms with Crippen molar-refractivity contribution in [2.75, 3.05) is 5.73 Å². The van der Waals surface area contributed by atoms with Crippen molar-refractivity contribution in [2.24, 2.45) is 0 Å². The molecule has 2 aromatic rings. The molecule has 0 unspecified atom stereocenters. The van der Waals surface area contributed by atoms with Crippen molar-refractivity contribution in [2.45, 2.75) is 13.5 Å². The second-order valence-corrected chi connectivity index (χ2v) is 4.46. The summed E-state index contributed by atoms with van der Waals surface area (Å²) in [6.45, 7) is 2.84. The van der Waals surface area contributed by atoms with Gasteiger partial charge in [0.1, 0.15) is 0 Å². The molecule has 1 heterocycles. The maximum atomic E-state index is 5.61. The number of benzene rings is 1. The van der Waals surface area contributed by atoms with Gasteiger partial charge in [-0.05, 0) is 30.2 Å². The molecule has 1 aromatic heterocycles. The minimum absolute atomic E-state index is 0.697. The Bertz CT molecular complexity index is 476. The van der Waals surface area contributed by atoms with Crippen LogP contribution in [0.4, 0.5) is 5.69 Å². The summed E-state index contributed by atoms with van der Waals surface area (Å²) in [4.78, 5) is 0. The van der Waals surface area contributed by atoms with Crippen LogP contribution in [0.5, 0.6) is 0 Å². The first kappa shape index (κ1) is 10.2. The van der Waals surface area contributed by atoms with E-state index in [1.807, 2.05) is 16.9 Å². The van der Waals surface area contributed by atoms with Gasteiger partial charge in [-0.25, -0.2) is 0 Å². The zero-order valence-electron chi connectivity index (χ0n) is 8.44. The third kappa shape index (κ3) is 2.39. The van der Waals surface area contributed by atoms with Crippen LogP contribution in [0.1, 0.15) is 11.1 Å². The minimum Gasteiger partial charge on any atom is -0.396 e. The van der Waals surface area contributed by atoms with Crippen LogP contribution < -0.4 is 5.73 Å². The van der Waals surface area contributed by atoms with E-state index in [0.29, 0.717) is 5.69 Å². The number of halogens is 1. The SMILES string of the molecule is Cc1ccc(Br)cc1Cn1cc(N)cn1. The summed E-state index contributed by atoms with van der Waals surface area (Å²) in [7, 11) is 0. The van der Waals surface area contributed by atoms with E-state index < -0.39 is 0 Å². The molecule has 3 nitrogen and oxygen atoms in total. The summed E-state index contributed by atoms with van der Waals surface area (Å²) in [6.07, 6.45) is 3.49. The molecule has 4 heteroatoms. The van der Waals surface area contributed by atoms with Crippen molar-refractivity contribution < 1.29 is 0 Å². The van der Waals surface area contributed by atoms with Gasteiger partial charge in [-0.15, -0.1) is 0 Å². The number of anilines is 1. The molecule has 0 aliphatic rings. The molecule has 0 saturated heterocycles. The Labute approximate surface area is 97.0 Å². The summed E-state index contributed by atoms with van der Waals surface area (Å²) >= 11 is 3.46. The Morgan fingerprint density at radius 2 is 2.27 bits per heavy atom. The van der Waals surface area contributed by atoms with Crippen LogP contribution in [0.3, 0.4) is 0 Å². The zero-order chi connectivity index (χ0) is 10.8. The largest absolute Gasteiger partial charge is 0.396 e. The lowest BCUT2D eigenvalue weighted by Crippen LogP contribution is -2.01.